The Morgan fingerprint density at radius 1 is 0.690 bits per heavy atom. The zero-order chi connectivity index (χ0) is 19.8. The van der Waals surface area contributed by atoms with Gasteiger partial charge in [0.25, 0.3) is 0 Å². The Hall–Kier alpha value is -4.41. The number of para-hydroxylation sites is 2. The van der Waals surface area contributed by atoms with Crippen LogP contribution in [0.2, 0.25) is 0 Å². The van der Waals surface area contributed by atoms with E-state index in [9.17, 15) is 5.26 Å². The van der Waals surface area contributed by atoms with Crippen molar-refractivity contribution >= 4 is 21.8 Å². The van der Waals surface area contributed by atoms with E-state index in [1.807, 2.05) is 30.3 Å². The number of rotatable bonds is 2. The van der Waals surface area contributed by atoms with Gasteiger partial charge in [0.1, 0.15) is 12.1 Å². The minimum Gasteiger partial charge on any atom is -0.309 e. The van der Waals surface area contributed by atoms with E-state index in [1.54, 1.807) is 12.3 Å². The molecule has 0 saturated carbocycles. The van der Waals surface area contributed by atoms with Gasteiger partial charge in [-0.05, 0) is 35.9 Å². The first-order valence-corrected chi connectivity index (χ1v) is 9.19. The third-order valence-corrected chi connectivity index (χ3v) is 5.13. The van der Waals surface area contributed by atoms with Crippen LogP contribution in [0, 0.1) is 22.7 Å². The third kappa shape index (κ3) is 2.64. The van der Waals surface area contributed by atoms with Crippen LogP contribution in [0.4, 0.5) is 0 Å². The van der Waals surface area contributed by atoms with Gasteiger partial charge in [-0.1, -0.05) is 48.5 Å². The molecule has 0 bridgehead atoms. The van der Waals surface area contributed by atoms with Gasteiger partial charge in [-0.2, -0.15) is 10.5 Å². The molecule has 0 fully saturated rings. The zero-order valence-corrected chi connectivity index (χ0v) is 15.4. The van der Waals surface area contributed by atoms with Crippen molar-refractivity contribution in [3.05, 3.63) is 96.3 Å². The average molecular weight is 370 g/mol. The maximum Gasteiger partial charge on any atom is 0.158 e. The van der Waals surface area contributed by atoms with E-state index in [4.69, 9.17) is 5.26 Å². The first-order chi connectivity index (χ1) is 14.3. The molecule has 2 heterocycles. The highest BCUT2D eigenvalue weighted by atomic mass is 15.0. The maximum absolute atomic E-state index is 9.32. The number of nitrogens with zero attached hydrogens (tertiary/aromatic N) is 4. The normalized spacial score (nSPS) is 10.7. The van der Waals surface area contributed by atoms with Crippen LogP contribution in [-0.4, -0.2) is 9.55 Å². The highest BCUT2D eigenvalue weighted by Crippen LogP contribution is 2.33. The maximum atomic E-state index is 9.32. The van der Waals surface area contributed by atoms with Crippen LogP contribution in [0.15, 0.2) is 85.1 Å². The van der Waals surface area contributed by atoms with Gasteiger partial charge in [-0.15, -0.1) is 0 Å². The lowest BCUT2D eigenvalue weighted by molar-refractivity contribution is 1.18. The van der Waals surface area contributed by atoms with E-state index in [-0.39, 0.29) is 11.3 Å². The summed E-state index contributed by atoms with van der Waals surface area (Å²) in [4.78, 5) is 4.15. The molecule has 0 unspecified atom stereocenters. The van der Waals surface area contributed by atoms with Crippen LogP contribution >= 0.6 is 0 Å². The summed E-state index contributed by atoms with van der Waals surface area (Å²) in [6, 6.07) is 30.6. The van der Waals surface area contributed by atoms with Crippen molar-refractivity contribution < 1.29 is 0 Å². The number of benzene rings is 3. The molecule has 0 atom stereocenters. The minimum absolute atomic E-state index is 0.148. The summed E-state index contributed by atoms with van der Waals surface area (Å²) in [5, 5.41) is 20.8. The summed E-state index contributed by atoms with van der Waals surface area (Å²) in [7, 11) is 0. The Balaban J connectivity index is 1.74. The lowest BCUT2D eigenvalue weighted by atomic mass is 10.0. The van der Waals surface area contributed by atoms with Crippen molar-refractivity contribution in [2.45, 2.75) is 0 Å². The van der Waals surface area contributed by atoms with Crippen LogP contribution in [0.1, 0.15) is 11.3 Å². The van der Waals surface area contributed by atoms with E-state index >= 15 is 0 Å². The number of aromatic nitrogens is 2. The number of hydrogen-bond acceptors (Lipinski definition) is 3. The molecule has 0 spiro atoms. The molecule has 0 saturated heterocycles. The topological polar surface area (TPSA) is 65.4 Å². The van der Waals surface area contributed by atoms with E-state index in [1.165, 1.54) is 10.8 Å². The van der Waals surface area contributed by atoms with E-state index < -0.39 is 0 Å². The molecule has 5 aromatic rings. The van der Waals surface area contributed by atoms with Crippen molar-refractivity contribution in [3.63, 3.8) is 0 Å². The van der Waals surface area contributed by atoms with Crippen molar-refractivity contribution in [2.24, 2.45) is 0 Å². The van der Waals surface area contributed by atoms with Crippen LogP contribution in [-0.2, 0) is 0 Å². The van der Waals surface area contributed by atoms with Gasteiger partial charge in [0.15, 0.2) is 5.69 Å². The second-order valence-corrected chi connectivity index (χ2v) is 6.76. The average Bonchev–Trinajstić information content (AvgIpc) is 3.13. The van der Waals surface area contributed by atoms with Gasteiger partial charge in [0.2, 0.25) is 0 Å². The standard InChI is InChI=1S/C25H14N4/c26-14-18-12-19(16-28-23(18)15-27)17-6-5-7-20(13-17)29-24-10-3-1-8-21(24)22-9-2-4-11-25(22)29/h1-13,16H. The fourth-order valence-electron chi connectivity index (χ4n) is 3.82. The van der Waals surface area contributed by atoms with Crippen molar-refractivity contribution in [1.29, 1.82) is 10.5 Å². The Bertz CT molecular complexity index is 1430. The Morgan fingerprint density at radius 3 is 2.03 bits per heavy atom. The van der Waals surface area contributed by atoms with Crippen molar-refractivity contribution in [3.8, 4) is 29.0 Å². The molecular formula is C25H14N4. The molecule has 134 valence electrons. The molecule has 5 rings (SSSR count). The summed E-state index contributed by atoms with van der Waals surface area (Å²) in [6.45, 7) is 0. The van der Waals surface area contributed by atoms with Crippen LogP contribution < -0.4 is 0 Å². The summed E-state index contributed by atoms with van der Waals surface area (Å²) < 4.78 is 2.25. The summed E-state index contributed by atoms with van der Waals surface area (Å²) >= 11 is 0. The number of nitriles is 2. The van der Waals surface area contributed by atoms with Crippen LogP contribution in [0.5, 0.6) is 0 Å². The molecule has 0 aliphatic rings. The number of fused-ring (bicyclic) bond motifs is 3. The molecule has 0 aliphatic carbocycles. The summed E-state index contributed by atoms with van der Waals surface area (Å²) in [5.74, 6) is 0. The van der Waals surface area contributed by atoms with Gasteiger partial charge in [-0.25, -0.2) is 4.98 Å². The van der Waals surface area contributed by atoms with E-state index in [0.717, 1.165) is 27.8 Å². The first kappa shape index (κ1) is 16.7. The predicted molar refractivity (Wildman–Crippen MR) is 113 cm³/mol. The molecule has 0 amide bonds. The number of hydrogen-bond donors (Lipinski definition) is 0. The second-order valence-electron chi connectivity index (χ2n) is 6.76. The Kier molecular flexibility index (Phi) is 3.83. The Labute approximate surface area is 167 Å². The van der Waals surface area contributed by atoms with Gasteiger partial charge in [0.05, 0.1) is 16.6 Å². The summed E-state index contributed by atoms with van der Waals surface area (Å²) in [6.07, 6.45) is 1.64. The molecule has 0 aliphatic heterocycles. The van der Waals surface area contributed by atoms with Crippen molar-refractivity contribution in [1.82, 2.24) is 9.55 Å². The van der Waals surface area contributed by atoms with Crippen LogP contribution in [0.25, 0.3) is 38.6 Å². The molecule has 0 N–H and O–H groups in total. The minimum atomic E-state index is 0.148. The molecule has 4 nitrogen and oxygen atoms in total. The SMILES string of the molecule is N#Cc1cc(-c2cccc(-n3c4ccccc4c4ccccc43)c2)cnc1C#N. The Morgan fingerprint density at radius 2 is 1.38 bits per heavy atom. The quantitative estimate of drug-likeness (QED) is 0.407. The molecule has 2 aromatic heterocycles. The van der Waals surface area contributed by atoms with E-state index in [2.05, 4.69) is 64.2 Å². The second kappa shape index (κ2) is 6.64. The smallest absolute Gasteiger partial charge is 0.158 e. The summed E-state index contributed by atoms with van der Waals surface area (Å²) in [5.41, 5.74) is 5.49. The molecule has 4 heteroatoms. The fraction of sp³-hybridized carbons (Fsp3) is 0. The van der Waals surface area contributed by atoms with Crippen molar-refractivity contribution in [2.75, 3.05) is 0 Å². The predicted octanol–water partition coefficient (Wildman–Crippen LogP) is 5.59. The lowest BCUT2D eigenvalue weighted by Crippen LogP contribution is -1.95. The monoisotopic (exact) mass is 370 g/mol. The lowest BCUT2D eigenvalue weighted by Gasteiger charge is -2.10. The molecular weight excluding hydrogens is 356 g/mol. The molecule has 29 heavy (non-hydrogen) atoms. The first-order valence-electron chi connectivity index (χ1n) is 9.19. The largest absolute Gasteiger partial charge is 0.309 e. The third-order valence-electron chi connectivity index (χ3n) is 5.13. The van der Waals surface area contributed by atoms with Gasteiger partial charge in [0, 0.05) is 28.2 Å². The number of pyridine rings is 1. The van der Waals surface area contributed by atoms with Gasteiger partial charge < -0.3 is 4.57 Å². The molecule has 3 aromatic carbocycles. The van der Waals surface area contributed by atoms with E-state index in [0.29, 0.717) is 0 Å². The van der Waals surface area contributed by atoms with Gasteiger partial charge >= 0.3 is 0 Å². The fourth-order valence-corrected chi connectivity index (χ4v) is 3.82. The highest BCUT2D eigenvalue weighted by Gasteiger charge is 2.12. The molecule has 0 radical (unpaired) electrons. The van der Waals surface area contributed by atoms with Crippen LogP contribution in [0.3, 0.4) is 0 Å². The zero-order valence-electron chi connectivity index (χ0n) is 15.4. The highest BCUT2D eigenvalue weighted by molar-refractivity contribution is 6.09. The van der Waals surface area contributed by atoms with Gasteiger partial charge in [-0.3, -0.25) is 0 Å².